The number of carbonyl (C=O) groups is 1. The highest BCUT2D eigenvalue weighted by Crippen LogP contribution is 2.12. The number of furan rings is 1. The van der Waals surface area contributed by atoms with Crippen molar-refractivity contribution in [1.82, 2.24) is 5.32 Å². The maximum atomic E-state index is 11.9. The molecule has 0 saturated carbocycles. The Morgan fingerprint density at radius 2 is 2.10 bits per heavy atom. The van der Waals surface area contributed by atoms with Crippen LogP contribution in [0, 0.1) is 0 Å². The van der Waals surface area contributed by atoms with E-state index in [0.717, 1.165) is 17.3 Å². The summed E-state index contributed by atoms with van der Waals surface area (Å²) in [4.78, 5) is 11.9. The summed E-state index contributed by atoms with van der Waals surface area (Å²) in [6.45, 7) is 2.37. The lowest BCUT2D eigenvalue weighted by Gasteiger charge is -2.14. The predicted octanol–water partition coefficient (Wildman–Crippen LogP) is 3.10. The van der Waals surface area contributed by atoms with E-state index < -0.39 is 6.10 Å². The summed E-state index contributed by atoms with van der Waals surface area (Å²) < 4.78 is 10.8. The van der Waals surface area contributed by atoms with Crippen LogP contribution >= 0.6 is 11.8 Å². The van der Waals surface area contributed by atoms with Crippen LogP contribution in [0.1, 0.15) is 12.7 Å². The number of rotatable bonds is 8. The molecule has 0 spiro atoms. The number of benzene rings is 1. The van der Waals surface area contributed by atoms with Crippen molar-refractivity contribution >= 4 is 17.7 Å². The van der Waals surface area contributed by atoms with Crippen molar-refractivity contribution in [3.63, 3.8) is 0 Å². The SMILES string of the molecule is C[C@H](Oc1ccccc1)C(=O)NCCSCc1ccco1. The third-order valence-electron chi connectivity index (χ3n) is 2.80. The lowest BCUT2D eigenvalue weighted by atomic mass is 10.3. The monoisotopic (exact) mass is 305 g/mol. The Morgan fingerprint density at radius 3 is 2.81 bits per heavy atom. The Bertz CT molecular complexity index is 528. The van der Waals surface area contributed by atoms with Gasteiger partial charge in [0.25, 0.3) is 5.91 Å². The van der Waals surface area contributed by atoms with Crippen molar-refractivity contribution in [3.8, 4) is 5.75 Å². The zero-order valence-electron chi connectivity index (χ0n) is 12.0. The lowest BCUT2D eigenvalue weighted by molar-refractivity contribution is -0.127. The average Bonchev–Trinajstić information content (AvgIpc) is 3.01. The third-order valence-corrected chi connectivity index (χ3v) is 3.78. The zero-order chi connectivity index (χ0) is 14.9. The normalized spacial score (nSPS) is 11.9. The molecular weight excluding hydrogens is 286 g/mol. The van der Waals surface area contributed by atoms with Gasteiger partial charge in [0.2, 0.25) is 0 Å². The Balaban J connectivity index is 1.60. The molecule has 2 rings (SSSR count). The van der Waals surface area contributed by atoms with E-state index in [2.05, 4.69) is 5.32 Å². The van der Waals surface area contributed by atoms with E-state index in [-0.39, 0.29) is 5.91 Å². The quantitative estimate of drug-likeness (QED) is 0.761. The van der Waals surface area contributed by atoms with Crippen LogP contribution in [-0.4, -0.2) is 24.3 Å². The van der Waals surface area contributed by atoms with Crippen LogP contribution in [-0.2, 0) is 10.5 Å². The fourth-order valence-electron chi connectivity index (χ4n) is 1.71. The van der Waals surface area contributed by atoms with Gasteiger partial charge in [-0.1, -0.05) is 18.2 Å². The summed E-state index contributed by atoms with van der Waals surface area (Å²) in [7, 11) is 0. The Kier molecular flexibility index (Phi) is 6.22. The molecular formula is C16H19NO3S. The minimum atomic E-state index is -0.498. The molecule has 0 aliphatic rings. The van der Waals surface area contributed by atoms with Gasteiger partial charge in [0, 0.05) is 12.3 Å². The molecule has 1 heterocycles. The molecule has 5 heteroatoms. The van der Waals surface area contributed by atoms with Crippen LogP contribution < -0.4 is 10.1 Å². The van der Waals surface area contributed by atoms with Crippen LogP contribution in [0.3, 0.4) is 0 Å². The van der Waals surface area contributed by atoms with Crippen molar-refractivity contribution in [2.45, 2.75) is 18.8 Å². The number of hydrogen-bond acceptors (Lipinski definition) is 4. The Morgan fingerprint density at radius 1 is 1.29 bits per heavy atom. The summed E-state index contributed by atoms with van der Waals surface area (Å²) in [5.74, 6) is 3.21. The highest BCUT2D eigenvalue weighted by molar-refractivity contribution is 7.98. The van der Waals surface area contributed by atoms with Crippen molar-refractivity contribution in [2.75, 3.05) is 12.3 Å². The highest BCUT2D eigenvalue weighted by Gasteiger charge is 2.13. The predicted molar refractivity (Wildman–Crippen MR) is 84.4 cm³/mol. The van der Waals surface area contributed by atoms with Gasteiger partial charge in [0.05, 0.1) is 12.0 Å². The number of carbonyl (C=O) groups excluding carboxylic acids is 1. The van der Waals surface area contributed by atoms with Gasteiger partial charge in [-0.15, -0.1) is 0 Å². The number of ether oxygens (including phenoxy) is 1. The molecule has 21 heavy (non-hydrogen) atoms. The van der Waals surface area contributed by atoms with E-state index in [1.54, 1.807) is 24.9 Å². The maximum Gasteiger partial charge on any atom is 0.260 e. The van der Waals surface area contributed by atoms with Crippen molar-refractivity contribution in [2.24, 2.45) is 0 Å². The standard InChI is InChI=1S/C16H19NO3S/c1-13(20-14-6-3-2-4-7-14)16(18)17-9-11-21-12-15-8-5-10-19-15/h2-8,10,13H,9,11-12H2,1H3,(H,17,18)/t13-/m0/s1. The number of para-hydroxylation sites is 1. The molecule has 1 atom stereocenters. The minimum absolute atomic E-state index is 0.0996. The summed E-state index contributed by atoms with van der Waals surface area (Å²) in [5.41, 5.74) is 0. The van der Waals surface area contributed by atoms with Crippen LogP contribution in [0.5, 0.6) is 5.75 Å². The molecule has 0 saturated heterocycles. The van der Waals surface area contributed by atoms with Gasteiger partial charge in [-0.25, -0.2) is 0 Å². The molecule has 0 aliphatic carbocycles. The fraction of sp³-hybridized carbons (Fsp3) is 0.312. The van der Waals surface area contributed by atoms with Crippen LogP contribution in [0.15, 0.2) is 53.1 Å². The first-order valence-electron chi connectivity index (χ1n) is 6.85. The second-order valence-corrected chi connectivity index (χ2v) is 5.60. The smallest absolute Gasteiger partial charge is 0.260 e. The Labute approximate surface area is 128 Å². The molecule has 1 aromatic heterocycles. The molecule has 0 unspecified atom stereocenters. The third kappa shape index (κ3) is 5.55. The molecule has 112 valence electrons. The van der Waals surface area contributed by atoms with Crippen molar-refractivity contribution in [3.05, 3.63) is 54.5 Å². The van der Waals surface area contributed by atoms with Crippen LogP contribution in [0.2, 0.25) is 0 Å². The number of hydrogen-bond donors (Lipinski definition) is 1. The van der Waals surface area contributed by atoms with Gasteiger partial charge >= 0.3 is 0 Å². The van der Waals surface area contributed by atoms with Crippen molar-refractivity contribution < 1.29 is 13.9 Å². The molecule has 1 N–H and O–H groups in total. The molecule has 0 fully saturated rings. The van der Waals surface area contributed by atoms with Gasteiger partial charge in [0.1, 0.15) is 11.5 Å². The fourth-order valence-corrected chi connectivity index (χ4v) is 2.47. The topological polar surface area (TPSA) is 51.5 Å². The number of nitrogens with one attached hydrogen (secondary N) is 1. The molecule has 0 radical (unpaired) electrons. The van der Waals surface area contributed by atoms with Crippen molar-refractivity contribution in [1.29, 1.82) is 0 Å². The second-order valence-electron chi connectivity index (χ2n) is 4.50. The van der Waals surface area contributed by atoms with Gasteiger partial charge in [-0.05, 0) is 31.2 Å². The molecule has 0 aliphatic heterocycles. The first kappa shape index (κ1) is 15.5. The molecule has 1 amide bonds. The van der Waals surface area contributed by atoms with Gasteiger partial charge < -0.3 is 14.5 Å². The van der Waals surface area contributed by atoms with E-state index in [1.165, 1.54) is 0 Å². The van der Waals surface area contributed by atoms with Gasteiger partial charge in [0.15, 0.2) is 6.10 Å². The zero-order valence-corrected chi connectivity index (χ0v) is 12.8. The van der Waals surface area contributed by atoms with Crippen LogP contribution in [0.25, 0.3) is 0 Å². The summed E-state index contributed by atoms with van der Waals surface area (Å²) >= 11 is 1.72. The molecule has 4 nitrogen and oxygen atoms in total. The van der Waals surface area contributed by atoms with E-state index in [9.17, 15) is 4.79 Å². The first-order valence-corrected chi connectivity index (χ1v) is 8.00. The maximum absolute atomic E-state index is 11.9. The van der Waals surface area contributed by atoms with Gasteiger partial charge in [-0.2, -0.15) is 11.8 Å². The van der Waals surface area contributed by atoms with Crippen LogP contribution in [0.4, 0.5) is 0 Å². The van der Waals surface area contributed by atoms with E-state index in [0.29, 0.717) is 12.3 Å². The van der Waals surface area contributed by atoms with E-state index in [1.807, 2.05) is 42.5 Å². The number of amides is 1. The van der Waals surface area contributed by atoms with E-state index >= 15 is 0 Å². The van der Waals surface area contributed by atoms with Gasteiger partial charge in [-0.3, -0.25) is 4.79 Å². The molecule has 0 bridgehead atoms. The summed E-state index contributed by atoms with van der Waals surface area (Å²) in [5, 5.41) is 2.87. The largest absolute Gasteiger partial charge is 0.481 e. The Hall–Kier alpha value is -1.88. The molecule has 2 aromatic rings. The molecule has 1 aromatic carbocycles. The number of thioether (sulfide) groups is 1. The second kappa shape index (κ2) is 8.42. The lowest BCUT2D eigenvalue weighted by Crippen LogP contribution is -2.37. The summed E-state index contributed by atoms with van der Waals surface area (Å²) in [6, 6.07) is 13.2. The van der Waals surface area contributed by atoms with E-state index in [4.69, 9.17) is 9.15 Å². The minimum Gasteiger partial charge on any atom is -0.481 e. The summed E-state index contributed by atoms with van der Waals surface area (Å²) in [6.07, 6.45) is 1.17. The average molecular weight is 305 g/mol. The first-order chi connectivity index (χ1) is 10.3. The highest BCUT2D eigenvalue weighted by atomic mass is 32.2.